The molecule has 0 spiro atoms. The Labute approximate surface area is 194 Å². The molecule has 4 rings (SSSR count). The normalized spacial score (nSPS) is 21.1. The zero-order valence-electron chi connectivity index (χ0n) is 18.6. The minimum Gasteiger partial charge on any atom is -0.366 e. The molecule has 1 atom stereocenters. The van der Waals surface area contributed by atoms with Crippen LogP contribution in [-0.4, -0.2) is 73.2 Å². The molecular formula is C22H30ClN5O3S. The maximum Gasteiger partial charge on any atom is 0.234 e. The van der Waals surface area contributed by atoms with Gasteiger partial charge >= 0.3 is 0 Å². The molecule has 0 bridgehead atoms. The molecule has 1 N–H and O–H groups in total. The summed E-state index contributed by atoms with van der Waals surface area (Å²) < 4.78 is 25.7. The van der Waals surface area contributed by atoms with E-state index in [-0.39, 0.29) is 23.5 Å². The Morgan fingerprint density at radius 2 is 1.91 bits per heavy atom. The van der Waals surface area contributed by atoms with Crippen molar-refractivity contribution in [2.24, 2.45) is 0 Å². The van der Waals surface area contributed by atoms with E-state index in [1.54, 1.807) is 0 Å². The lowest BCUT2D eigenvalue weighted by Gasteiger charge is -2.36. The summed E-state index contributed by atoms with van der Waals surface area (Å²) in [5, 5.41) is 8.29. The van der Waals surface area contributed by atoms with Gasteiger partial charge in [0.1, 0.15) is 0 Å². The Hall–Kier alpha value is -2.10. The van der Waals surface area contributed by atoms with Gasteiger partial charge in [0.15, 0.2) is 9.84 Å². The standard InChI is InChI=1S/C22H30ClN5O3S/c1-16-22(17(2)28(25-16)19-7-12-32(30,31)15-19)27-10-8-26(9-11-27)14-21(29)24-13-18-5-3-4-6-20(18)23/h3-6,19H,7-15H2,1-2H3,(H,24,29). The van der Waals surface area contributed by atoms with Crippen molar-refractivity contribution in [3.8, 4) is 0 Å². The zero-order valence-corrected chi connectivity index (χ0v) is 20.1. The Morgan fingerprint density at radius 3 is 2.56 bits per heavy atom. The predicted molar refractivity (Wildman–Crippen MR) is 126 cm³/mol. The number of hydrogen-bond donors (Lipinski definition) is 1. The molecule has 2 aliphatic heterocycles. The number of carbonyl (C=O) groups is 1. The molecule has 1 unspecified atom stereocenters. The van der Waals surface area contributed by atoms with Crippen molar-refractivity contribution < 1.29 is 13.2 Å². The number of aromatic nitrogens is 2. The monoisotopic (exact) mass is 479 g/mol. The Morgan fingerprint density at radius 1 is 1.19 bits per heavy atom. The van der Waals surface area contributed by atoms with Crippen molar-refractivity contribution in [2.75, 3.05) is 49.1 Å². The van der Waals surface area contributed by atoms with Crippen molar-refractivity contribution >= 4 is 33.0 Å². The SMILES string of the molecule is Cc1nn(C2CCS(=O)(=O)C2)c(C)c1N1CCN(CC(=O)NCc2ccccc2Cl)CC1. The number of piperazine rings is 1. The summed E-state index contributed by atoms with van der Waals surface area (Å²) in [6.07, 6.45) is 0.626. The molecule has 2 fully saturated rings. The van der Waals surface area contributed by atoms with Crippen molar-refractivity contribution in [2.45, 2.75) is 32.9 Å². The lowest BCUT2D eigenvalue weighted by atomic mass is 10.2. The van der Waals surface area contributed by atoms with Crippen molar-refractivity contribution in [3.05, 3.63) is 46.2 Å². The van der Waals surface area contributed by atoms with E-state index >= 15 is 0 Å². The summed E-state index contributed by atoms with van der Waals surface area (Å²) in [6.45, 7) is 7.94. The van der Waals surface area contributed by atoms with Crippen molar-refractivity contribution in [1.29, 1.82) is 0 Å². The number of halogens is 1. The minimum absolute atomic E-state index is 0.0130. The van der Waals surface area contributed by atoms with Gasteiger partial charge in [-0.1, -0.05) is 29.8 Å². The second kappa shape index (κ2) is 9.41. The molecule has 1 aromatic heterocycles. The summed E-state index contributed by atoms with van der Waals surface area (Å²) in [5.41, 5.74) is 3.95. The van der Waals surface area contributed by atoms with Gasteiger partial charge < -0.3 is 10.2 Å². The molecule has 1 amide bonds. The number of carbonyl (C=O) groups excluding carboxylic acids is 1. The van der Waals surface area contributed by atoms with Gasteiger partial charge in [-0.15, -0.1) is 0 Å². The van der Waals surface area contributed by atoms with E-state index in [2.05, 4.69) is 20.2 Å². The Balaban J connectivity index is 1.31. The number of nitrogens with one attached hydrogen (secondary N) is 1. The maximum absolute atomic E-state index is 12.4. The van der Waals surface area contributed by atoms with E-state index in [4.69, 9.17) is 11.6 Å². The van der Waals surface area contributed by atoms with Gasteiger partial charge in [0.2, 0.25) is 5.91 Å². The quantitative estimate of drug-likeness (QED) is 0.681. The molecule has 32 heavy (non-hydrogen) atoms. The molecule has 0 aliphatic carbocycles. The summed E-state index contributed by atoms with van der Waals surface area (Å²) in [5.74, 6) is 0.398. The van der Waals surface area contributed by atoms with Crippen LogP contribution in [0.25, 0.3) is 0 Å². The molecule has 0 saturated carbocycles. The Bertz CT molecular complexity index is 1090. The highest BCUT2D eigenvalue weighted by molar-refractivity contribution is 7.91. The highest BCUT2D eigenvalue weighted by Gasteiger charge is 2.32. The first-order valence-corrected chi connectivity index (χ1v) is 13.2. The second-order valence-corrected chi connectivity index (χ2v) is 11.3. The van der Waals surface area contributed by atoms with Crippen LogP contribution in [0, 0.1) is 13.8 Å². The molecule has 0 radical (unpaired) electrons. The first-order valence-electron chi connectivity index (χ1n) is 11.0. The molecule has 1 aromatic carbocycles. The van der Waals surface area contributed by atoms with E-state index in [1.807, 2.05) is 42.8 Å². The van der Waals surface area contributed by atoms with E-state index in [0.29, 0.717) is 24.5 Å². The number of sulfone groups is 1. The highest BCUT2D eigenvalue weighted by Crippen LogP contribution is 2.31. The van der Waals surface area contributed by atoms with Crippen LogP contribution in [0.3, 0.4) is 0 Å². The van der Waals surface area contributed by atoms with Crippen LogP contribution in [0.1, 0.15) is 29.4 Å². The van der Waals surface area contributed by atoms with Crippen molar-refractivity contribution in [3.63, 3.8) is 0 Å². The fourth-order valence-corrected chi connectivity index (χ4v) is 6.55. The van der Waals surface area contributed by atoms with Crippen LogP contribution in [0.4, 0.5) is 5.69 Å². The van der Waals surface area contributed by atoms with Crippen molar-refractivity contribution in [1.82, 2.24) is 20.0 Å². The lowest BCUT2D eigenvalue weighted by molar-refractivity contribution is -0.122. The third-order valence-corrected chi connectivity index (χ3v) is 8.45. The van der Waals surface area contributed by atoms with Gasteiger partial charge in [0.05, 0.1) is 41.2 Å². The van der Waals surface area contributed by atoms with Gasteiger partial charge in [-0.3, -0.25) is 14.4 Å². The number of hydrogen-bond acceptors (Lipinski definition) is 6. The number of benzene rings is 1. The molecule has 10 heteroatoms. The molecule has 2 aliphatic rings. The van der Waals surface area contributed by atoms with Gasteiger partial charge in [-0.25, -0.2) is 8.42 Å². The van der Waals surface area contributed by atoms with Gasteiger partial charge in [0, 0.05) is 37.7 Å². The molecule has 3 heterocycles. The predicted octanol–water partition coefficient (Wildman–Crippen LogP) is 1.95. The second-order valence-electron chi connectivity index (χ2n) is 8.65. The maximum atomic E-state index is 12.4. The van der Waals surface area contributed by atoms with E-state index in [0.717, 1.165) is 48.8 Å². The smallest absolute Gasteiger partial charge is 0.234 e. The van der Waals surface area contributed by atoms with Crippen LogP contribution >= 0.6 is 11.6 Å². The fourth-order valence-electron chi connectivity index (χ4n) is 4.66. The third kappa shape index (κ3) is 5.10. The summed E-state index contributed by atoms with van der Waals surface area (Å²) in [4.78, 5) is 16.8. The van der Waals surface area contributed by atoms with E-state index < -0.39 is 9.84 Å². The first-order chi connectivity index (χ1) is 15.2. The van der Waals surface area contributed by atoms with Gasteiger partial charge in [-0.2, -0.15) is 5.10 Å². The van der Waals surface area contributed by atoms with Crippen LogP contribution in [0.5, 0.6) is 0 Å². The number of amides is 1. The first kappa shape index (κ1) is 23.1. The average molecular weight is 480 g/mol. The number of nitrogens with zero attached hydrogens (tertiary/aromatic N) is 4. The summed E-state index contributed by atoms with van der Waals surface area (Å²) in [7, 11) is -2.96. The van der Waals surface area contributed by atoms with E-state index in [9.17, 15) is 13.2 Å². The van der Waals surface area contributed by atoms with Crippen LogP contribution < -0.4 is 10.2 Å². The zero-order chi connectivity index (χ0) is 22.9. The van der Waals surface area contributed by atoms with E-state index in [1.165, 1.54) is 0 Å². The van der Waals surface area contributed by atoms with Crippen LogP contribution in [0.2, 0.25) is 5.02 Å². The number of aryl methyl sites for hydroxylation is 1. The minimum atomic E-state index is -2.96. The Kier molecular flexibility index (Phi) is 6.78. The highest BCUT2D eigenvalue weighted by atomic mass is 35.5. The largest absolute Gasteiger partial charge is 0.366 e. The van der Waals surface area contributed by atoms with Gasteiger partial charge in [0.25, 0.3) is 0 Å². The summed E-state index contributed by atoms with van der Waals surface area (Å²) >= 11 is 6.15. The summed E-state index contributed by atoms with van der Waals surface area (Å²) in [6, 6.07) is 7.43. The van der Waals surface area contributed by atoms with Crippen LogP contribution in [-0.2, 0) is 21.2 Å². The van der Waals surface area contributed by atoms with Crippen LogP contribution in [0.15, 0.2) is 24.3 Å². The lowest BCUT2D eigenvalue weighted by Crippen LogP contribution is -2.49. The molecule has 2 aromatic rings. The molecule has 174 valence electrons. The average Bonchev–Trinajstić information content (AvgIpc) is 3.26. The molecule has 8 nitrogen and oxygen atoms in total. The molecule has 2 saturated heterocycles. The van der Waals surface area contributed by atoms with Gasteiger partial charge in [-0.05, 0) is 31.9 Å². The topological polar surface area (TPSA) is 87.5 Å². The number of anilines is 1. The number of rotatable bonds is 6. The fraction of sp³-hybridized carbons (Fsp3) is 0.545. The third-order valence-electron chi connectivity index (χ3n) is 6.33. The molecular weight excluding hydrogens is 450 g/mol.